The van der Waals surface area contributed by atoms with E-state index in [4.69, 9.17) is 9.57 Å². The molecule has 4 aromatic rings. The highest BCUT2D eigenvalue weighted by Gasteiger charge is 2.20. The van der Waals surface area contributed by atoms with Crippen LogP contribution in [0.3, 0.4) is 0 Å². The quantitative estimate of drug-likeness (QED) is 0.136. The first-order valence-corrected chi connectivity index (χ1v) is 12.4. The predicted octanol–water partition coefficient (Wildman–Crippen LogP) is 6.49. The summed E-state index contributed by atoms with van der Waals surface area (Å²) in [6, 6.07) is 18.0. The van der Waals surface area contributed by atoms with Gasteiger partial charge in [0.05, 0.1) is 11.8 Å². The van der Waals surface area contributed by atoms with E-state index in [2.05, 4.69) is 28.8 Å². The molecule has 1 atom stereocenters. The fourth-order valence-corrected chi connectivity index (χ4v) is 5.13. The number of aryl methyl sites for hydroxylation is 2. The molecule has 0 N–H and O–H groups in total. The first-order valence-electron chi connectivity index (χ1n) is 12.4. The van der Waals surface area contributed by atoms with Crippen molar-refractivity contribution in [2.45, 2.75) is 53.2 Å². The summed E-state index contributed by atoms with van der Waals surface area (Å²) in [5, 5.41) is 5.97. The van der Waals surface area contributed by atoms with Gasteiger partial charge in [0.1, 0.15) is 0 Å². The normalized spacial score (nSPS) is 16.1. The number of hydrogen-bond donors (Lipinski definition) is 0. The van der Waals surface area contributed by atoms with Crippen LogP contribution in [0.15, 0.2) is 59.8 Å². The molecule has 1 aliphatic rings. The highest BCUT2D eigenvalue weighted by atomic mass is 16.7. The molecule has 3 aromatic carbocycles. The van der Waals surface area contributed by atoms with Crippen LogP contribution in [0.2, 0.25) is 0 Å². The molecule has 6 nitrogen and oxygen atoms in total. The number of aromatic nitrogens is 1. The van der Waals surface area contributed by atoms with E-state index < -0.39 is 5.97 Å². The molecule has 1 aromatic heterocycles. The lowest BCUT2D eigenvalue weighted by atomic mass is 9.94. The van der Waals surface area contributed by atoms with Crippen LogP contribution in [0, 0.1) is 6.92 Å². The van der Waals surface area contributed by atoms with Crippen molar-refractivity contribution in [3.63, 3.8) is 0 Å². The number of oxime groups is 1. The Morgan fingerprint density at radius 2 is 1.69 bits per heavy atom. The van der Waals surface area contributed by atoms with Gasteiger partial charge in [0, 0.05) is 53.0 Å². The summed E-state index contributed by atoms with van der Waals surface area (Å²) < 4.78 is 8.05. The number of rotatable bonds is 6. The Balaban J connectivity index is 1.56. The number of ketones is 1. The molecule has 1 aliphatic heterocycles. The van der Waals surface area contributed by atoms with Crippen molar-refractivity contribution in [2.24, 2.45) is 5.16 Å². The van der Waals surface area contributed by atoms with Crippen molar-refractivity contribution in [2.75, 3.05) is 6.61 Å². The molecule has 36 heavy (non-hydrogen) atoms. The smallest absolute Gasteiger partial charge is 0.331 e. The summed E-state index contributed by atoms with van der Waals surface area (Å²) in [6.45, 7) is 8.83. The SMILES string of the molecule is CCn1c2ccc(C(=O)c3ccc(C4CCCO4)cc3C)cc2c2cc(C(C)=NOC(C)=O)ccc21. The zero-order valence-electron chi connectivity index (χ0n) is 21.1. The topological polar surface area (TPSA) is 69.9 Å². The molecule has 1 saturated heterocycles. The molecular formula is C30H30N2O4. The fraction of sp³-hybridized carbons (Fsp3) is 0.300. The van der Waals surface area contributed by atoms with Gasteiger partial charge in [-0.25, -0.2) is 4.79 Å². The van der Waals surface area contributed by atoms with Crippen molar-refractivity contribution in [1.29, 1.82) is 0 Å². The Morgan fingerprint density at radius 3 is 2.31 bits per heavy atom. The van der Waals surface area contributed by atoms with Gasteiger partial charge in [-0.1, -0.05) is 29.4 Å². The van der Waals surface area contributed by atoms with Gasteiger partial charge in [-0.15, -0.1) is 0 Å². The number of hydrogen-bond acceptors (Lipinski definition) is 5. The van der Waals surface area contributed by atoms with Crippen LogP contribution in [-0.4, -0.2) is 28.6 Å². The molecule has 0 aliphatic carbocycles. The van der Waals surface area contributed by atoms with Gasteiger partial charge in [-0.2, -0.15) is 0 Å². The molecule has 0 saturated carbocycles. The maximum atomic E-state index is 13.6. The van der Waals surface area contributed by atoms with Gasteiger partial charge in [-0.05, 0) is 80.6 Å². The van der Waals surface area contributed by atoms with E-state index in [-0.39, 0.29) is 11.9 Å². The summed E-state index contributed by atoms with van der Waals surface area (Å²) in [6.07, 6.45) is 2.23. The molecule has 0 spiro atoms. The average molecular weight is 483 g/mol. The number of benzene rings is 3. The molecule has 5 rings (SSSR count). The zero-order valence-corrected chi connectivity index (χ0v) is 21.1. The maximum Gasteiger partial charge on any atom is 0.331 e. The van der Waals surface area contributed by atoms with Crippen molar-refractivity contribution >= 4 is 39.3 Å². The van der Waals surface area contributed by atoms with E-state index in [0.717, 1.165) is 64.5 Å². The summed E-state index contributed by atoms with van der Waals surface area (Å²) in [7, 11) is 0. The van der Waals surface area contributed by atoms with Gasteiger partial charge < -0.3 is 14.1 Å². The number of nitrogens with zero attached hydrogens (tertiary/aromatic N) is 2. The van der Waals surface area contributed by atoms with Gasteiger partial charge in [0.2, 0.25) is 0 Å². The van der Waals surface area contributed by atoms with E-state index in [1.807, 2.05) is 49.4 Å². The number of ether oxygens (including phenoxy) is 1. The minimum absolute atomic E-state index is 0.00875. The van der Waals surface area contributed by atoms with Gasteiger partial charge >= 0.3 is 5.97 Å². The molecule has 184 valence electrons. The first-order chi connectivity index (χ1) is 17.4. The minimum Gasteiger partial charge on any atom is -0.374 e. The third-order valence-electron chi connectivity index (χ3n) is 6.97. The molecule has 1 unspecified atom stereocenters. The second-order valence-corrected chi connectivity index (χ2v) is 9.37. The highest BCUT2D eigenvalue weighted by Crippen LogP contribution is 2.33. The summed E-state index contributed by atoms with van der Waals surface area (Å²) in [5.74, 6) is -0.449. The minimum atomic E-state index is -0.458. The van der Waals surface area contributed by atoms with Gasteiger partial charge in [-0.3, -0.25) is 4.79 Å². The van der Waals surface area contributed by atoms with E-state index in [1.165, 1.54) is 6.92 Å². The second kappa shape index (κ2) is 9.70. The predicted molar refractivity (Wildman–Crippen MR) is 142 cm³/mol. The van der Waals surface area contributed by atoms with Crippen LogP contribution in [0.25, 0.3) is 21.8 Å². The molecule has 6 heteroatoms. The standard InChI is InChI=1S/C30H30N2O4/c1-5-32-27-12-9-21(19(3)31-36-20(4)33)16-25(27)26-17-23(10-13-28(26)32)30(34)24-11-8-22(15-18(24)2)29-7-6-14-35-29/h8-13,15-17,29H,5-7,14H2,1-4H3. The highest BCUT2D eigenvalue weighted by molar-refractivity contribution is 6.16. The van der Waals surface area contributed by atoms with E-state index in [9.17, 15) is 9.59 Å². The van der Waals surface area contributed by atoms with Crippen molar-refractivity contribution < 1.29 is 19.2 Å². The first kappa shape index (κ1) is 23.9. The van der Waals surface area contributed by atoms with E-state index in [1.54, 1.807) is 6.92 Å². The van der Waals surface area contributed by atoms with Crippen molar-refractivity contribution in [1.82, 2.24) is 4.57 Å². The Morgan fingerprint density at radius 1 is 1.00 bits per heavy atom. The Bertz CT molecular complexity index is 1520. The molecule has 1 fully saturated rings. The lowest BCUT2D eigenvalue weighted by molar-refractivity contribution is -0.140. The van der Waals surface area contributed by atoms with Crippen LogP contribution in [0.5, 0.6) is 0 Å². The lowest BCUT2D eigenvalue weighted by Crippen LogP contribution is -2.05. The number of fused-ring (bicyclic) bond motifs is 3. The van der Waals surface area contributed by atoms with Crippen LogP contribution in [0.1, 0.15) is 72.3 Å². The Kier molecular flexibility index (Phi) is 6.46. The molecule has 0 amide bonds. The van der Waals surface area contributed by atoms with Crippen molar-refractivity contribution in [3.8, 4) is 0 Å². The number of carbonyl (C=O) groups excluding carboxylic acids is 2. The lowest BCUT2D eigenvalue weighted by Gasteiger charge is -2.13. The maximum absolute atomic E-state index is 13.6. The summed E-state index contributed by atoms with van der Waals surface area (Å²) in [4.78, 5) is 29.6. The Hall–Kier alpha value is -3.77. The fourth-order valence-electron chi connectivity index (χ4n) is 5.13. The zero-order chi connectivity index (χ0) is 25.4. The third-order valence-corrected chi connectivity index (χ3v) is 6.97. The second-order valence-electron chi connectivity index (χ2n) is 9.37. The third kappa shape index (κ3) is 4.33. The van der Waals surface area contributed by atoms with Crippen LogP contribution in [-0.2, 0) is 20.9 Å². The van der Waals surface area contributed by atoms with E-state index in [0.29, 0.717) is 16.8 Å². The van der Waals surface area contributed by atoms with Gasteiger partial charge in [0.15, 0.2) is 5.78 Å². The Labute approximate surface area is 210 Å². The number of carbonyl (C=O) groups is 2. The molecule has 0 radical (unpaired) electrons. The van der Waals surface area contributed by atoms with Crippen LogP contribution < -0.4 is 0 Å². The monoisotopic (exact) mass is 482 g/mol. The molecular weight excluding hydrogens is 452 g/mol. The van der Waals surface area contributed by atoms with Gasteiger partial charge in [0.25, 0.3) is 0 Å². The summed E-state index contributed by atoms with van der Waals surface area (Å²) >= 11 is 0. The van der Waals surface area contributed by atoms with Crippen LogP contribution >= 0.6 is 0 Å². The van der Waals surface area contributed by atoms with E-state index >= 15 is 0 Å². The molecule has 0 bridgehead atoms. The largest absolute Gasteiger partial charge is 0.374 e. The summed E-state index contributed by atoms with van der Waals surface area (Å²) in [5.41, 5.74) is 7.08. The van der Waals surface area contributed by atoms with Crippen LogP contribution in [0.4, 0.5) is 0 Å². The average Bonchev–Trinajstić information content (AvgIpc) is 3.52. The molecule has 2 heterocycles. The van der Waals surface area contributed by atoms with Crippen molar-refractivity contribution in [3.05, 3.63) is 82.4 Å².